The van der Waals surface area contributed by atoms with Gasteiger partial charge in [0.2, 0.25) is 0 Å². The van der Waals surface area contributed by atoms with E-state index in [0.717, 1.165) is 11.8 Å². The van der Waals surface area contributed by atoms with Crippen molar-refractivity contribution in [1.29, 1.82) is 0 Å². The standard InChI is InChI=1S/C16H28O2Si/c1-16(2,3)19(4,5)18-13-9-12(17)14-10-7-6-8-11(10)15(13)14/h10-11,13-15H,6-9H2,1-5H3/t10?,11?,13-,14-,15+/m0/s1. The van der Waals surface area contributed by atoms with Gasteiger partial charge in [-0.3, -0.25) is 4.79 Å². The molecule has 0 radical (unpaired) electrons. The second-order valence-electron chi connectivity index (χ2n) is 8.45. The fourth-order valence-electron chi connectivity index (χ4n) is 4.45. The van der Waals surface area contributed by atoms with Gasteiger partial charge in [0.15, 0.2) is 8.32 Å². The van der Waals surface area contributed by atoms with Crippen LogP contribution in [0.1, 0.15) is 46.5 Å². The van der Waals surface area contributed by atoms with E-state index in [0.29, 0.717) is 24.0 Å². The van der Waals surface area contributed by atoms with Gasteiger partial charge in [-0.15, -0.1) is 0 Å². The van der Waals surface area contributed by atoms with Crippen molar-refractivity contribution in [1.82, 2.24) is 0 Å². The third-order valence-electron chi connectivity index (χ3n) is 6.45. The molecule has 0 aromatic heterocycles. The van der Waals surface area contributed by atoms with Crippen LogP contribution in [0.2, 0.25) is 18.1 Å². The molecule has 3 heteroatoms. The molecule has 0 saturated heterocycles. The van der Waals surface area contributed by atoms with Crippen LogP contribution in [-0.4, -0.2) is 20.2 Å². The summed E-state index contributed by atoms with van der Waals surface area (Å²) < 4.78 is 6.59. The molecule has 0 aromatic rings. The summed E-state index contributed by atoms with van der Waals surface area (Å²) >= 11 is 0. The van der Waals surface area contributed by atoms with Gasteiger partial charge in [0, 0.05) is 12.3 Å². The first-order valence-corrected chi connectivity index (χ1v) is 10.8. The van der Waals surface area contributed by atoms with Crippen LogP contribution in [0, 0.1) is 23.7 Å². The molecule has 0 spiro atoms. The van der Waals surface area contributed by atoms with Crippen molar-refractivity contribution in [2.24, 2.45) is 23.7 Å². The maximum Gasteiger partial charge on any atom is 0.192 e. The molecule has 2 nitrogen and oxygen atoms in total. The predicted molar refractivity (Wildman–Crippen MR) is 79.5 cm³/mol. The Morgan fingerprint density at radius 1 is 1.16 bits per heavy atom. The number of carbonyl (C=O) groups is 1. The van der Waals surface area contributed by atoms with Gasteiger partial charge in [0.25, 0.3) is 0 Å². The molecule has 19 heavy (non-hydrogen) atoms. The Kier molecular flexibility index (Phi) is 3.03. The lowest BCUT2D eigenvalue weighted by Crippen LogP contribution is -2.51. The second kappa shape index (κ2) is 4.17. The van der Waals surface area contributed by atoms with Crippen molar-refractivity contribution in [2.45, 2.75) is 70.7 Å². The highest BCUT2D eigenvalue weighted by Crippen LogP contribution is 2.61. The van der Waals surface area contributed by atoms with E-state index in [9.17, 15) is 4.79 Å². The predicted octanol–water partition coefficient (Wildman–Crippen LogP) is 4.01. The molecule has 0 amide bonds. The molecule has 3 saturated carbocycles. The molecule has 0 N–H and O–H groups in total. The lowest BCUT2D eigenvalue weighted by Gasteiger charge is -2.48. The first kappa shape index (κ1) is 13.8. The number of rotatable bonds is 2. The van der Waals surface area contributed by atoms with Gasteiger partial charge >= 0.3 is 0 Å². The third-order valence-corrected chi connectivity index (χ3v) is 11.0. The minimum Gasteiger partial charge on any atom is -0.413 e. The molecule has 0 heterocycles. The number of fused-ring (bicyclic) bond motifs is 4. The average molecular weight is 280 g/mol. The minimum atomic E-state index is -1.73. The molecule has 3 fully saturated rings. The Hall–Kier alpha value is -0.153. The zero-order chi connectivity index (χ0) is 14.0. The quantitative estimate of drug-likeness (QED) is 0.714. The maximum atomic E-state index is 12.3. The molecule has 3 rings (SSSR count). The summed E-state index contributed by atoms with van der Waals surface area (Å²) in [7, 11) is -1.73. The molecule has 0 aliphatic heterocycles. The van der Waals surface area contributed by atoms with Gasteiger partial charge in [-0.05, 0) is 48.7 Å². The van der Waals surface area contributed by atoms with Gasteiger partial charge in [-0.1, -0.05) is 27.2 Å². The molecule has 5 atom stereocenters. The minimum absolute atomic E-state index is 0.243. The van der Waals surface area contributed by atoms with Crippen LogP contribution in [0.15, 0.2) is 0 Å². The highest BCUT2D eigenvalue weighted by molar-refractivity contribution is 6.74. The first-order valence-electron chi connectivity index (χ1n) is 7.93. The molecule has 0 bridgehead atoms. The van der Waals surface area contributed by atoms with Crippen LogP contribution >= 0.6 is 0 Å². The van der Waals surface area contributed by atoms with Crippen LogP contribution in [-0.2, 0) is 9.22 Å². The molecule has 2 unspecified atom stereocenters. The Labute approximate surface area is 118 Å². The SMILES string of the molecule is CC(C)(C)[Si](C)(C)O[C@H]1CC(=O)[C@@H]2C3CCCC3[C@H]12. The fourth-order valence-corrected chi connectivity index (χ4v) is 5.80. The lowest BCUT2D eigenvalue weighted by atomic mass is 9.59. The molecule has 0 aromatic carbocycles. The fraction of sp³-hybridized carbons (Fsp3) is 0.938. The molecular weight excluding hydrogens is 252 g/mol. The van der Waals surface area contributed by atoms with E-state index in [4.69, 9.17) is 4.43 Å². The first-order chi connectivity index (χ1) is 8.72. The van der Waals surface area contributed by atoms with Crippen molar-refractivity contribution in [2.75, 3.05) is 0 Å². The number of ketones is 1. The largest absolute Gasteiger partial charge is 0.413 e. The topological polar surface area (TPSA) is 26.3 Å². The van der Waals surface area contributed by atoms with Crippen LogP contribution < -0.4 is 0 Å². The highest BCUT2D eigenvalue weighted by atomic mass is 28.4. The van der Waals surface area contributed by atoms with Crippen molar-refractivity contribution in [3.63, 3.8) is 0 Å². The van der Waals surface area contributed by atoms with Crippen molar-refractivity contribution < 1.29 is 9.22 Å². The Bertz CT molecular complexity index is 396. The van der Waals surface area contributed by atoms with E-state index in [1.165, 1.54) is 19.3 Å². The van der Waals surface area contributed by atoms with Gasteiger partial charge in [0.05, 0.1) is 6.10 Å². The summed E-state index contributed by atoms with van der Waals surface area (Å²) in [6.07, 6.45) is 4.93. The number of Topliss-reactive ketones (excluding diaryl/α,β-unsaturated/α-hetero) is 1. The zero-order valence-electron chi connectivity index (χ0n) is 13.0. The van der Waals surface area contributed by atoms with Crippen molar-refractivity contribution in [3.05, 3.63) is 0 Å². The molecule has 3 aliphatic carbocycles. The summed E-state index contributed by atoms with van der Waals surface area (Å²) in [6.45, 7) is 11.5. The van der Waals surface area contributed by atoms with Gasteiger partial charge in [-0.25, -0.2) is 0 Å². The summed E-state index contributed by atoms with van der Waals surface area (Å²) in [5.41, 5.74) is 0. The van der Waals surface area contributed by atoms with Gasteiger partial charge in [0.1, 0.15) is 5.78 Å². The summed E-state index contributed by atoms with van der Waals surface area (Å²) in [5.74, 6) is 3.00. The summed E-state index contributed by atoms with van der Waals surface area (Å²) in [6, 6.07) is 0. The monoisotopic (exact) mass is 280 g/mol. The second-order valence-corrected chi connectivity index (χ2v) is 13.2. The van der Waals surface area contributed by atoms with E-state index in [1.807, 2.05) is 0 Å². The Morgan fingerprint density at radius 2 is 1.79 bits per heavy atom. The van der Waals surface area contributed by atoms with E-state index in [-0.39, 0.29) is 11.1 Å². The summed E-state index contributed by atoms with van der Waals surface area (Å²) in [5, 5.41) is 0.243. The number of carbonyl (C=O) groups excluding carboxylic acids is 1. The number of hydrogen-bond acceptors (Lipinski definition) is 2. The van der Waals surface area contributed by atoms with Crippen LogP contribution in [0.25, 0.3) is 0 Å². The van der Waals surface area contributed by atoms with Gasteiger partial charge in [-0.2, -0.15) is 0 Å². The van der Waals surface area contributed by atoms with Crippen molar-refractivity contribution in [3.8, 4) is 0 Å². The highest BCUT2D eigenvalue weighted by Gasteiger charge is 2.62. The lowest BCUT2D eigenvalue weighted by molar-refractivity contribution is -0.129. The smallest absolute Gasteiger partial charge is 0.192 e. The Balaban J connectivity index is 1.75. The van der Waals surface area contributed by atoms with Crippen LogP contribution in [0.3, 0.4) is 0 Å². The molecule has 108 valence electrons. The van der Waals surface area contributed by atoms with E-state index in [1.54, 1.807) is 0 Å². The molecule has 3 aliphatic rings. The molecular formula is C16H28O2Si. The van der Waals surface area contributed by atoms with E-state index < -0.39 is 8.32 Å². The third kappa shape index (κ3) is 1.96. The van der Waals surface area contributed by atoms with Gasteiger partial charge < -0.3 is 4.43 Å². The van der Waals surface area contributed by atoms with E-state index in [2.05, 4.69) is 33.9 Å². The zero-order valence-corrected chi connectivity index (χ0v) is 14.0. The van der Waals surface area contributed by atoms with E-state index >= 15 is 0 Å². The maximum absolute atomic E-state index is 12.3. The normalized spacial score (nSPS) is 41.9. The average Bonchev–Trinajstić information content (AvgIpc) is 2.69. The van der Waals surface area contributed by atoms with Crippen molar-refractivity contribution >= 4 is 14.1 Å². The van der Waals surface area contributed by atoms with Crippen LogP contribution in [0.5, 0.6) is 0 Å². The summed E-state index contributed by atoms with van der Waals surface area (Å²) in [4.78, 5) is 12.3. The number of hydrogen-bond donors (Lipinski definition) is 0. The Morgan fingerprint density at radius 3 is 2.42 bits per heavy atom. The van der Waals surface area contributed by atoms with Crippen LogP contribution in [0.4, 0.5) is 0 Å².